The zero-order valence-electron chi connectivity index (χ0n) is 15.8. The summed E-state index contributed by atoms with van der Waals surface area (Å²) in [4.78, 5) is 2.32. The van der Waals surface area contributed by atoms with Crippen LogP contribution in [0.15, 0.2) is 48.5 Å². The maximum absolute atomic E-state index is 4.65. The average Bonchev–Trinajstić information content (AvgIpc) is 3.10. The van der Waals surface area contributed by atoms with Gasteiger partial charge in [0.05, 0.1) is 11.7 Å². The van der Waals surface area contributed by atoms with Crippen molar-refractivity contribution in [2.75, 3.05) is 11.9 Å². The summed E-state index contributed by atoms with van der Waals surface area (Å²) in [6.07, 6.45) is 3.52. The van der Waals surface area contributed by atoms with E-state index in [2.05, 4.69) is 89.3 Å². The van der Waals surface area contributed by atoms with Crippen molar-refractivity contribution in [2.24, 2.45) is 0 Å². The molecule has 2 heterocycles. The van der Waals surface area contributed by atoms with Crippen molar-refractivity contribution < 1.29 is 0 Å². The lowest BCUT2D eigenvalue weighted by Crippen LogP contribution is -2.20. The Hall–Kier alpha value is -2.62. The third-order valence-corrected chi connectivity index (χ3v) is 5.34. The SMILES string of the molecule is CCCCC(C)n1nnc2c1-c1ccccc1N(C)Cc1ccccc1-2. The third kappa shape index (κ3) is 2.79. The van der Waals surface area contributed by atoms with E-state index in [0.717, 1.165) is 24.4 Å². The van der Waals surface area contributed by atoms with Crippen LogP contribution in [0.5, 0.6) is 0 Å². The molecule has 4 rings (SSSR count). The molecule has 3 aromatic rings. The molecule has 2 aromatic carbocycles. The summed E-state index contributed by atoms with van der Waals surface area (Å²) in [5.74, 6) is 0. The molecule has 0 saturated carbocycles. The minimum Gasteiger partial charge on any atom is -0.370 e. The van der Waals surface area contributed by atoms with E-state index in [1.54, 1.807) is 0 Å². The highest BCUT2D eigenvalue weighted by Gasteiger charge is 2.26. The van der Waals surface area contributed by atoms with Crippen LogP contribution in [0.4, 0.5) is 5.69 Å². The largest absolute Gasteiger partial charge is 0.370 e. The molecule has 0 bridgehead atoms. The quantitative estimate of drug-likeness (QED) is 0.642. The van der Waals surface area contributed by atoms with Gasteiger partial charge in [0.25, 0.3) is 0 Å². The Morgan fingerprint density at radius 1 is 1.04 bits per heavy atom. The number of anilines is 1. The predicted octanol–water partition coefficient (Wildman–Crippen LogP) is 5.31. The van der Waals surface area contributed by atoms with Crippen molar-refractivity contribution in [3.63, 3.8) is 0 Å². The van der Waals surface area contributed by atoms with Gasteiger partial charge in [-0.15, -0.1) is 5.10 Å². The zero-order valence-corrected chi connectivity index (χ0v) is 15.8. The lowest BCUT2D eigenvalue weighted by atomic mass is 9.95. The predicted molar refractivity (Wildman–Crippen MR) is 107 cm³/mol. The monoisotopic (exact) mass is 346 g/mol. The summed E-state index contributed by atoms with van der Waals surface area (Å²) >= 11 is 0. The second kappa shape index (κ2) is 6.94. The number of benzene rings is 2. The van der Waals surface area contributed by atoms with Gasteiger partial charge in [0.2, 0.25) is 0 Å². The Balaban J connectivity index is 1.96. The molecule has 1 aromatic heterocycles. The van der Waals surface area contributed by atoms with Crippen LogP contribution < -0.4 is 4.90 Å². The molecule has 0 amide bonds. The van der Waals surface area contributed by atoms with Crippen LogP contribution in [0.3, 0.4) is 0 Å². The van der Waals surface area contributed by atoms with Gasteiger partial charge in [-0.3, -0.25) is 0 Å². The lowest BCUT2D eigenvalue weighted by molar-refractivity contribution is 0.437. The first-order valence-corrected chi connectivity index (χ1v) is 9.54. The van der Waals surface area contributed by atoms with Crippen LogP contribution in [0.1, 0.15) is 44.7 Å². The molecule has 26 heavy (non-hydrogen) atoms. The van der Waals surface area contributed by atoms with Gasteiger partial charge in [-0.1, -0.05) is 67.4 Å². The van der Waals surface area contributed by atoms with E-state index in [0.29, 0.717) is 6.04 Å². The van der Waals surface area contributed by atoms with Crippen molar-refractivity contribution >= 4 is 5.69 Å². The summed E-state index contributed by atoms with van der Waals surface area (Å²) < 4.78 is 2.14. The second-order valence-electron chi connectivity index (χ2n) is 7.25. The van der Waals surface area contributed by atoms with E-state index in [1.165, 1.54) is 35.2 Å². The summed E-state index contributed by atoms with van der Waals surface area (Å²) in [7, 11) is 2.16. The molecule has 1 atom stereocenters. The minimum atomic E-state index is 0.330. The van der Waals surface area contributed by atoms with E-state index >= 15 is 0 Å². The number of hydrogen-bond donors (Lipinski definition) is 0. The Labute approximate surface area is 155 Å². The van der Waals surface area contributed by atoms with Crippen molar-refractivity contribution in [1.29, 1.82) is 0 Å². The van der Waals surface area contributed by atoms with Crippen LogP contribution in [-0.4, -0.2) is 22.0 Å². The number of aromatic nitrogens is 3. The number of hydrogen-bond acceptors (Lipinski definition) is 3. The minimum absolute atomic E-state index is 0.330. The maximum Gasteiger partial charge on any atom is 0.121 e. The number of rotatable bonds is 4. The van der Waals surface area contributed by atoms with Gasteiger partial charge in [-0.2, -0.15) is 0 Å². The highest BCUT2D eigenvalue weighted by Crippen LogP contribution is 2.41. The standard InChI is InChI=1S/C22H26N4/c1-4-5-10-16(2)26-22-19-13-8-9-14-20(19)25(3)15-17-11-6-7-12-18(17)21(22)23-24-26/h6-9,11-14,16H,4-5,10,15H2,1-3H3. The summed E-state index contributed by atoms with van der Waals surface area (Å²) in [5.41, 5.74) is 7.08. The van der Waals surface area contributed by atoms with Crippen molar-refractivity contribution in [3.8, 4) is 22.5 Å². The molecule has 1 unspecified atom stereocenters. The fraction of sp³-hybridized carbons (Fsp3) is 0.364. The van der Waals surface area contributed by atoms with Crippen LogP contribution in [0.2, 0.25) is 0 Å². The fourth-order valence-electron chi connectivity index (χ4n) is 3.89. The molecule has 0 spiro atoms. The van der Waals surface area contributed by atoms with Crippen LogP contribution in [0.25, 0.3) is 22.5 Å². The Bertz CT molecular complexity index is 912. The number of para-hydroxylation sites is 1. The molecule has 0 fully saturated rings. The highest BCUT2D eigenvalue weighted by molar-refractivity contribution is 5.88. The number of nitrogens with zero attached hydrogens (tertiary/aromatic N) is 4. The Morgan fingerprint density at radius 3 is 2.58 bits per heavy atom. The maximum atomic E-state index is 4.65. The molecular formula is C22H26N4. The number of unbranched alkanes of at least 4 members (excludes halogenated alkanes) is 1. The molecule has 0 aliphatic carbocycles. The molecular weight excluding hydrogens is 320 g/mol. The average molecular weight is 346 g/mol. The van der Waals surface area contributed by atoms with Gasteiger partial charge in [-0.25, -0.2) is 4.68 Å². The first-order valence-electron chi connectivity index (χ1n) is 9.54. The van der Waals surface area contributed by atoms with E-state index in [-0.39, 0.29) is 0 Å². The topological polar surface area (TPSA) is 34.0 Å². The summed E-state index contributed by atoms with van der Waals surface area (Å²) in [5, 5.41) is 9.25. The number of fused-ring (bicyclic) bond motifs is 5. The normalized spacial score (nSPS) is 14.0. The third-order valence-electron chi connectivity index (χ3n) is 5.34. The first-order chi connectivity index (χ1) is 12.7. The van der Waals surface area contributed by atoms with Crippen LogP contribution in [0, 0.1) is 0 Å². The van der Waals surface area contributed by atoms with Gasteiger partial charge in [-0.05, 0) is 25.0 Å². The summed E-state index contributed by atoms with van der Waals surface area (Å²) in [6, 6.07) is 17.5. The molecule has 134 valence electrons. The Kier molecular flexibility index (Phi) is 4.49. The van der Waals surface area contributed by atoms with Crippen molar-refractivity contribution in [2.45, 2.75) is 45.7 Å². The molecule has 4 nitrogen and oxygen atoms in total. The first kappa shape index (κ1) is 16.8. The molecule has 1 aliphatic heterocycles. The van der Waals surface area contributed by atoms with Gasteiger partial charge < -0.3 is 4.90 Å². The van der Waals surface area contributed by atoms with Crippen LogP contribution >= 0.6 is 0 Å². The molecule has 4 heteroatoms. The van der Waals surface area contributed by atoms with E-state index in [9.17, 15) is 0 Å². The highest BCUT2D eigenvalue weighted by atomic mass is 15.4. The molecule has 0 N–H and O–H groups in total. The Morgan fingerprint density at radius 2 is 1.77 bits per heavy atom. The van der Waals surface area contributed by atoms with Gasteiger partial charge >= 0.3 is 0 Å². The van der Waals surface area contributed by atoms with Gasteiger partial charge in [0, 0.05) is 30.4 Å². The van der Waals surface area contributed by atoms with Crippen molar-refractivity contribution in [3.05, 3.63) is 54.1 Å². The van der Waals surface area contributed by atoms with E-state index in [4.69, 9.17) is 0 Å². The van der Waals surface area contributed by atoms with Crippen LogP contribution in [-0.2, 0) is 6.54 Å². The summed E-state index contributed by atoms with van der Waals surface area (Å²) in [6.45, 7) is 5.35. The smallest absolute Gasteiger partial charge is 0.121 e. The fourth-order valence-corrected chi connectivity index (χ4v) is 3.89. The lowest BCUT2D eigenvalue weighted by Gasteiger charge is -2.27. The van der Waals surface area contributed by atoms with Gasteiger partial charge in [0.1, 0.15) is 5.69 Å². The van der Waals surface area contributed by atoms with Crippen molar-refractivity contribution in [1.82, 2.24) is 15.0 Å². The second-order valence-corrected chi connectivity index (χ2v) is 7.25. The zero-order chi connectivity index (χ0) is 18.1. The van der Waals surface area contributed by atoms with E-state index in [1.807, 2.05) is 0 Å². The molecule has 1 aliphatic rings. The molecule has 0 radical (unpaired) electrons. The van der Waals surface area contributed by atoms with E-state index < -0.39 is 0 Å². The molecule has 0 saturated heterocycles. The van der Waals surface area contributed by atoms with Gasteiger partial charge in [0.15, 0.2) is 0 Å².